The zero-order chi connectivity index (χ0) is 20.6. The van der Waals surface area contributed by atoms with Gasteiger partial charge in [0.05, 0.1) is 0 Å². The van der Waals surface area contributed by atoms with Gasteiger partial charge in [0.2, 0.25) is 8.32 Å². The number of ether oxygens (including phenoxy) is 1. The van der Waals surface area contributed by atoms with Gasteiger partial charge in [-0.05, 0) is 56.6 Å². The van der Waals surface area contributed by atoms with Crippen molar-refractivity contribution in [2.45, 2.75) is 83.0 Å². The molecule has 2 aliphatic heterocycles. The van der Waals surface area contributed by atoms with Crippen LogP contribution < -0.4 is 0 Å². The Morgan fingerprint density at radius 2 is 1.71 bits per heavy atom. The second-order valence-electron chi connectivity index (χ2n) is 9.94. The van der Waals surface area contributed by atoms with Gasteiger partial charge in [-0.15, -0.1) is 0 Å². The van der Waals surface area contributed by atoms with E-state index in [9.17, 15) is 0 Å². The molecule has 0 bridgehead atoms. The molecular formula is C22H38N2O3Si. The van der Waals surface area contributed by atoms with Crippen molar-refractivity contribution >= 4 is 8.32 Å². The van der Waals surface area contributed by atoms with E-state index in [4.69, 9.17) is 14.1 Å². The third-order valence-corrected chi connectivity index (χ3v) is 11.0. The van der Waals surface area contributed by atoms with Gasteiger partial charge in [-0.25, -0.2) is 4.84 Å². The molecule has 0 amide bonds. The van der Waals surface area contributed by atoms with Crippen LogP contribution in [0.5, 0.6) is 0 Å². The van der Waals surface area contributed by atoms with Crippen LogP contribution in [-0.4, -0.2) is 50.6 Å². The number of likely N-dealkylation sites (tertiary alicyclic amines) is 1. The Hall–Kier alpha value is -0.763. The summed E-state index contributed by atoms with van der Waals surface area (Å²) in [5, 5.41) is 1.92. The van der Waals surface area contributed by atoms with E-state index in [0.717, 1.165) is 19.5 Å². The molecule has 1 aromatic rings. The summed E-state index contributed by atoms with van der Waals surface area (Å²) in [5.41, 5.74) is 1.31. The Labute approximate surface area is 172 Å². The van der Waals surface area contributed by atoms with Crippen LogP contribution in [0.1, 0.15) is 58.4 Å². The molecule has 2 aliphatic rings. The van der Waals surface area contributed by atoms with Crippen LogP contribution in [0.3, 0.4) is 0 Å². The van der Waals surface area contributed by atoms with Gasteiger partial charge >= 0.3 is 0 Å². The zero-order valence-electron chi connectivity index (χ0n) is 18.7. The van der Waals surface area contributed by atoms with Crippen LogP contribution in [0.15, 0.2) is 30.3 Å². The lowest BCUT2D eigenvalue weighted by Gasteiger charge is -2.52. The Kier molecular flexibility index (Phi) is 6.40. The fraction of sp³-hybridized carbons (Fsp3) is 0.727. The molecule has 6 heteroatoms. The number of hydrogen-bond donors (Lipinski definition) is 0. The molecule has 158 valence electrons. The molecule has 0 aromatic heterocycles. The highest BCUT2D eigenvalue weighted by atomic mass is 28.4. The molecule has 0 spiro atoms. The van der Waals surface area contributed by atoms with Crippen molar-refractivity contribution < 1.29 is 14.1 Å². The third kappa shape index (κ3) is 4.53. The van der Waals surface area contributed by atoms with Gasteiger partial charge in [0, 0.05) is 19.4 Å². The minimum atomic E-state index is -2.07. The van der Waals surface area contributed by atoms with Gasteiger partial charge in [-0.2, -0.15) is 0 Å². The SMILES string of the molecule is CO[C@@]1(C)C[C@H](c2ccccc2)[C@@H](N2CCCC2)N(O[Si](C)(C)C(C)(C)C)O1. The number of nitrogens with zero attached hydrogens (tertiary/aromatic N) is 2. The van der Waals surface area contributed by atoms with E-state index in [-0.39, 0.29) is 17.1 Å². The lowest BCUT2D eigenvalue weighted by atomic mass is 9.87. The Morgan fingerprint density at radius 1 is 1.11 bits per heavy atom. The Bertz CT molecular complexity index is 643. The molecule has 2 fully saturated rings. The van der Waals surface area contributed by atoms with E-state index in [0.29, 0.717) is 0 Å². The molecule has 0 aliphatic carbocycles. The Balaban J connectivity index is 2.00. The molecule has 28 heavy (non-hydrogen) atoms. The maximum atomic E-state index is 6.75. The first-order chi connectivity index (χ1) is 13.1. The number of hydrogen-bond acceptors (Lipinski definition) is 5. The van der Waals surface area contributed by atoms with Crippen LogP contribution in [0.4, 0.5) is 0 Å². The smallest absolute Gasteiger partial charge is 0.223 e. The summed E-state index contributed by atoms with van der Waals surface area (Å²) in [5.74, 6) is -0.457. The number of methoxy groups -OCH3 is 1. The van der Waals surface area contributed by atoms with Crippen molar-refractivity contribution in [3.05, 3.63) is 35.9 Å². The van der Waals surface area contributed by atoms with Crippen molar-refractivity contribution in [1.82, 2.24) is 10.1 Å². The normalized spacial score (nSPS) is 30.7. The van der Waals surface area contributed by atoms with Crippen LogP contribution in [0.2, 0.25) is 18.1 Å². The summed E-state index contributed by atoms with van der Waals surface area (Å²) >= 11 is 0. The molecular weight excluding hydrogens is 368 g/mol. The highest BCUT2D eigenvalue weighted by molar-refractivity contribution is 6.74. The number of benzene rings is 1. The summed E-state index contributed by atoms with van der Waals surface area (Å²) in [7, 11) is -0.347. The maximum absolute atomic E-state index is 6.75. The van der Waals surface area contributed by atoms with E-state index in [1.807, 2.05) is 12.2 Å². The quantitative estimate of drug-likeness (QED) is 0.633. The number of rotatable bonds is 5. The molecule has 0 unspecified atom stereocenters. The molecule has 0 radical (unpaired) electrons. The molecule has 2 heterocycles. The van der Waals surface area contributed by atoms with Crippen molar-refractivity contribution in [2.24, 2.45) is 0 Å². The molecule has 5 nitrogen and oxygen atoms in total. The van der Waals surface area contributed by atoms with Gasteiger partial charge < -0.3 is 9.26 Å². The highest BCUT2D eigenvalue weighted by Gasteiger charge is 2.51. The van der Waals surface area contributed by atoms with E-state index in [2.05, 4.69) is 69.1 Å². The zero-order valence-corrected chi connectivity index (χ0v) is 19.7. The van der Waals surface area contributed by atoms with Gasteiger partial charge in [0.1, 0.15) is 6.17 Å². The predicted octanol–water partition coefficient (Wildman–Crippen LogP) is 5.13. The van der Waals surface area contributed by atoms with Crippen molar-refractivity contribution in [1.29, 1.82) is 0 Å². The topological polar surface area (TPSA) is 34.2 Å². The predicted molar refractivity (Wildman–Crippen MR) is 115 cm³/mol. The fourth-order valence-electron chi connectivity index (χ4n) is 3.87. The minimum Gasteiger partial charge on any atom is -0.352 e. The fourth-order valence-corrected chi connectivity index (χ4v) is 4.74. The van der Waals surface area contributed by atoms with Crippen LogP contribution in [-0.2, 0) is 14.1 Å². The van der Waals surface area contributed by atoms with E-state index < -0.39 is 14.1 Å². The molecule has 2 saturated heterocycles. The van der Waals surface area contributed by atoms with E-state index in [1.165, 1.54) is 18.4 Å². The summed E-state index contributed by atoms with van der Waals surface area (Å²) in [6.07, 6.45) is 3.31. The van der Waals surface area contributed by atoms with Crippen LogP contribution >= 0.6 is 0 Å². The lowest BCUT2D eigenvalue weighted by Crippen LogP contribution is -2.62. The third-order valence-electron chi connectivity index (χ3n) is 6.75. The summed E-state index contributed by atoms with van der Waals surface area (Å²) in [6.45, 7) is 15.5. The molecule has 3 atom stereocenters. The first-order valence-corrected chi connectivity index (χ1v) is 13.5. The Morgan fingerprint density at radius 3 is 2.25 bits per heavy atom. The van der Waals surface area contributed by atoms with Gasteiger partial charge in [0.25, 0.3) is 0 Å². The average Bonchev–Trinajstić information content (AvgIpc) is 3.15. The van der Waals surface area contributed by atoms with E-state index >= 15 is 0 Å². The number of hydroxylamine groups is 2. The first-order valence-electron chi connectivity index (χ1n) is 10.6. The van der Waals surface area contributed by atoms with Gasteiger partial charge in [-0.3, -0.25) is 4.90 Å². The van der Waals surface area contributed by atoms with Crippen molar-refractivity contribution in [3.8, 4) is 0 Å². The van der Waals surface area contributed by atoms with Crippen molar-refractivity contribution in [3.63, 3.8) is 0 Å². The summed E-state index contributed by atoms with van der Waals surface area (Å²) in [4.78, 5) is 8.94. The second kappa shape index (κ2) is 8.17. The second-order valence-corrected chi connectivity index (χ2v) is 14.6. The summed E-state index contributed by atoms with van der Waals surface area (Å²) < 4.78 is 12.6. The first kappa shape index (κ1) is 21.9. The minimum absolute atomic E-state index is 0.0576. The van der Waals surface area contributed by atoms with Crippen LogP contribution in [0.25, 0.3) is 0 Å². The van der Waals surface area contributed by atoms with Crippen LogP contribution in [0, 0.1) is 0 Å². The maximum Gasteiger partial charge on any atom is 0.223 e. The standard InChI is InChI=1S/C22H38N2O3Si/c1-21(2,3)28(6,7)27-24-20(23-15-11-12-16-23)19(17-22(4,25-5)26-24)18-13-9-8-10-14-18/h8-10,13-14,19-20H,11-12,15-17H2,1-7H3/t19-,20+,22-/m1/s1. The lowest BCUT2D eigenvalue weighted by molar-refractivity contribution is -0.472. The van der Waals surface area contributed by atoms with Crippen molar-refractivity contribution in [2.75, 3.05) is 20.2 Å². The molecule has 0 N–H and O–H groups in total. The highest BCUT2D eigenvalue weighted by Crippen LogP contribution is 2.45. The van der Waals surface area contributed by atoms with E-state index in [1.54, 1.807) is 7.11 Å². The monoisotopic (exact) mass is 406 g/mol. The largest absolute Gasteiger partial charge is 0.352 e. The molecule has 1 aromatic carbocycles. The molecule has 3 rings (SSSR count). The average molecular weight is 407 g/mol. The van der Waals surface area contributed by atoms with Gasteiger partial charge in [-0.1, -0.05) is 56.3 Å². The molecule has 0 saturated carbocycles. The summed E-state index contributed by atoms with van der Waals surface area (Å²) in [6, 6.07) is 10.8. The van der Waals surface area contributed by atoms with Gasteiger partial charge in [0.15, 0.2) is 5.79 Å².